The van der Waals surface area contributed by atoms with Crippen LogP contribution in [-0.2, 0) is 9.59 Å². The number of carbonyl (C=O) groups excluding carboxylic acids is 1. The van der Waals surface area contributed by atoms with Gasteiger partial charge in [0.05, 0.1) is 6.42 Å². The predicted octanol–water partition coefficient (Wildman–Crippen LogP) is 2.18. The van der Waals surface area contributed by atoms with Crippen LogP contribution in [0.5, 0.6) is 0 Å². The smallest absolute Gasteiger partial charge is 0.305 e. The number of carboxylic acids is 1. The lowest BCUT2D eigenvalue weighted by Crippen LogP contribution is -2.36. The van der Waals surface area contributed by atoms with E-state index in [0.717, 1.165) is 25.7 Å². The van der Waals surface area contributed by atoms with Gasteiger partial charge in [-0.2, -0.15) is 0 Å². The molecule has 0 aliphatic carbocycles. The van der Waals surface area contributed by atoms with Gasteiger partial charge in [0.15, 0.2) is 0 Å². The van der Waals surface area contributed by atoms with Gasteiger partial charge in [0, 0.05) is 13.0 Å². The van der Waals surface area contributed by atoms with Crippen molar-refractivity contribution in [3.63, 3.8) is 0 Å². The molecule has 94 valence electrons. The minimum atomic E-state index is -0.860. The van der Waals surface area contributed by atoms with Gasteiger partial charge < -0.3 is 10.4 Å². The Labute approximate surface area is 97.4 Å². The monoisotopic (exact) mass is 229 g/mol. The van der Waals surface area contributed by atoms with Crippen LogP contribution in [0.3, 0.4) is 0 Å². The van der Waals surface area contributed by atoms with E-state index in [1.807, 2.05) is 0 Å². The van der Waals surface area contributed by atoms with Crippen molar-refractivity contribution >= 4 is 11.9 Å². The van der Waals surface area contributed by atoms with Gasteiger partial charge >= 0.3 is 5.97 Å². The molecule has 4 heteroatoms. The highest BCUT2D eigenvalue weighted by atomic mass is 16.4. The Morgan fingerprint density at radius 2 is 2.00 bits per heavy atom. The molecule has 2 N–H and O–H groups in total. The van der Waals surface area contributed by atoms with Gasteiger partial charge in [0.1, 0.15) is 0 Å². The maximum atomic E-state index is 10.9. The van der Waals surface area contributed by atoms with E-state index in [2.05, 4.69) is 19.2 Å². The van der Waals surface area contributed by atoms with Gasteiger partial charge in [-0.05, 0) is 12.3 Å². The molecule has 16 heavy (non-hydrogen) atoms. The fourth-order valence-electron chi connectivity index (χ4n) is 1.85. The first-order valence-corrected chi connectivity index (χ1v) is 5.94. The number of aliphatic carboxylic acids is 1. The highest BCUT2D eigenvalue weighted by Gasteiger charge is 2.17. The highest BCUT2D eigenvalue weighted by Crippen LogP contribution is 2.15. The number of hydrogen-bond acceptors (Lipinski definition) is 2. The molecule has 2 atom stereocenters. The van der Waals surface area contributed by atoms with Crippen molar-refractivity contribution in [3.05, 3.63) is 0 Å². The summed E-state index contributed by atoms with van der Waals surface area (Å²) in [6.07, 6.45) is 4.14. The molecule has 0 saturated heterocycles. The Morgan fingerprint density at radius 3 is 2.44 bits per heavy atom. The minimum absolute atomic E-state index is 0.00997. The van der Waals surface area contributed by atoms with Crippen molar-refractivity contribution in [2.75, 3.05) is 0 Å². The molecule has 0 fully saturated rings. The van der Waals surface area contributed by atoms with Gasteiger partial charge in [-0.25, -0.2) is 0 Å². The van der Waals surface area contributed by atoms with Crippen LogP contribution in [-0.4, -0.2) is 23.0 Å². The molecule has 1 amide bonds. The van der Waals surface area contributed by atoms with Crippen LogP contribution in [0.1, 0.15) is 52.9 Å². The van der Waals surface area contributed by atoms with Crippen LogP contribution >= 0.6 is 0 Å². The third-order valence-corrected chi connectivity index (χ3v) is 2.57. The first kappa shape index (κ1) is 14.9. The maximum absolute atomic E-state index is 10.9. The Bertz CT molecular complexity index is 212. The van der Waals surface area contributed by atoms with Crippen molar-refractivity contribution < 1.29 is 14.7 Å². The topological polar surface area (TPSA) is 66.4 Å². The lowest BCUT2D eigenvalue weighted by molar-refractivity contribution is -0.137. The second kappa shape index (κ2) is 8.13. The summed E-state index contributed by atoms with van der Waals surface area (Å²) in [5, 5.41) is 11.4. The van der Waals surface area contributed by atoms with Crippen molar-refractivity contribution in [2.45, 2.75) is 58.9 Å². The zero-order chi connectivity index (χ0) is 12.6. The van der Waals surface area contributed by atoms with Crippen LogP contribution in [0.4, 0.5) is 0 Å². The molecular weight excluding hydrogens is 206 g/mol. The van der Waals surface area contributed by atoms with Gasteiger partial charge in [0.2, 0.25) is 5.91 Å². The Balaban J connectivity index is 4.07. The molecule has 0 spiro atoms. The Hall–Kier alpha value is -1.06. The van der Waals surface area contributed by atoms with Gasteiger partial charge in [-0.1, -0.05) is 33.1 Å². The number of amides is 1. The summed E-state index contributed by atoms with van der Waals surface area (Å²) in [7, 11) is 0. The summed E-state index contributed by atoms with van der Waals surface area (Å²) in [5.41, 5.74) is 0. The van der Waals surface area contributed by atoms with E-state index >= 15 is 0 Å². The Morgan fingerprint density at radius 1 is 1.38 bits per heavy atom. The highest BCUT2D eigenvalue weighted by molar-refractivity contribution is 5.74. The molecule has 0 heterocycles. The second-order valence-electron chi connectivity index (χ2n) is 4.48. The van der Waals surface area contributed by atoms with Crippen molar-refractivity contribution in [1.29, 1.82) is 0 Å². The SMILES string of the molecule is CCCC[C@@H](C)CC(CC(=O)O)NC(C)=O. The van der Waals surface area contributed by atoms with Gasteiger partial charge in [-0.3, -0.25) is 9.59 Å². The van der Waals surface area contributed by atoms with E-state index in [1.54, 1.807) is 0 Å². The summed E-state index contributed by atoms with van der Waals surface area (Å²) in [6.45, 7) is 5.66. The normalized spacial score (nSPS) is 14.2. The number of rotatable bonds is 8. The first-order valence-electron chi connectivity index (χ1n) is 5.94. The third-order valence-electron chi connectivity index (χ3n) is 2.57. The molecule has 0 rings (SSSR count). The summed E-state index contributed by atoms with van der Waals surface area (Å²) in [6, 6.07) is -0.234. The molecule has 0 bridgehead atoms. The van der Waals surface area contributed by atoms with Crippen molar-refractivity contribution in [3.8, 4) is 0 Å². The molecule has 0 aromatic rings. The van der Waals surface area contributed by atoms with E-state index in [4.69, 9.17) is 5.11 Å². The van der Waals surface area contributed by atoms with Crippen LogP contribution < -0.4 is 5.32 Å². The molecule has 0 aromatic heterocycles. The van der Waals surface area contributed by atoms with Crippen molar-refractivity contribution in [1.82, 2.24) is 5.32 Å². The van der Waals surface area contributed by atoms with Crippen LogP contribution in [0.15, 0.2) is 0 Å². The van der Waals surface area contributed by atoms with Gasteiger partial charge in [0.25, 0.3) is 0 Å². The van der Waals surface area contributed by atoms with E-state index in [0.29, 0.717) is 5.92 Å². The zero-order valence-electron chi connectivity index (χ0n) is 10.5. The van der Waals surface area contributed by atoms with E-state index < -0.39 is 5.97 Å². The fraction of sp³-hybridized carbons (Fsp3) is 0.833. The average Bonchev–Trinajstić information content (AvgIpc) is 2.12. The predicted molar refractivity (Wildman–Crippen MR) is 63.2 cm³/mol. The molecule has 0 radical (unpaired) electrons. The fourth-order valence-corrected chi connectivity index (χ4v) is 1.85. The van der Waals surface area contributed by atoms with E-state index in [1.165, 1.54) is 6.92 Å². The largest absolute Gasteiger partial charge is 0.481 e. The molecule has 0 aromatic carbocycles. The summed E-state index contributed by atoms with van der Waals surface area (Å²) in [5.74, 6) is -0.563. The zero-order valence-corrected chi connectivity index (χ0v) is 10.5. The quantitative estimate of drug-likeness (QED) is 0.670. The number of unbranched alkanes of at least 4 members (excludes halogenated alkanes) is 1. The maximum Gasteiger partial charge on any atom is 0.305 e. The van der Waals surface area contributed by atoms with E-state index in [9.17, 15) is 9.59 Å². The molecule has 0 saturated carbocycles. The standard InChI is InChI=1S/C12H23NO3/c1-4-5-6-9(2)7-11(8-12(15)16)13-10(3)14/h9,11H,4-8H2,1-3H3,(H,13,14)(H,15,16)/t9-,11?/m1/s1. The second-order valence-corrected chi connectivity index (χ2v) is 4.48. The Kier molecular flexibility index (Phi) is 7.60. The number of hydrogen-bond donors (Lipinski definition) is 2. The number of nitrogens with one attached hydrogen (secondary N) is 1. The number of carbonyl (C=O) groups is 2. The van der Waals surface area contributed by atoms with Crippen LogP contribution in [0, 0.1) is 5.92 Å². The lowest BCUT2D eigenvalue weighted by Gasteiger charge is -2.20. The lowest BCUT2D eigenvalue weighted by atomic mass is 9.94. The minimum Gasteiger partial charge on any atom is -0.481 e. The third kappa shape index (κ3) is 8.26. The molecule has 4 nitrogen and oxygen atoms in total. The van der Waals surface area contributed by atoms with E-state index in [-0.39, 0.29) is 18.4 Å². The van der Waals surface area contributed by atoms with Crippen LogP contribution in [0.2, 0.25) is 0 Å². The van der Waals surface area contributed by atoms with Crippen LogP contribution in [0.25, 0.3) is 0 Å². The summed E-state index contributed by atoms with van der Waals surface area (Å²) >= 11 is 0. The molecular formula is C12H23NO3. The van der Waals surface area contributed by atoms with Gasteiger partial charge in [-0.15, -0.1) is 0 Å². The molecule has 1 unspecified atom stereocenters. The number of carboxylic acid groups (broad SMARTS) is 1. The summed E-state index contributed by atoms with van der Waals surface area (Å²) in [4.78, 5) is 21.6. The van der Waals surface area contributed by atoms with Crippen molar-refractivity contribution in [2.24, 2.45) is 5.92 Å². The molecule has 0 aliphatic rings. The first-order chi connectivity index (χ1) is 7.45. The summed E-state index contributed by atoms with van der Waals surface area (Å²) < 4.78 is 0. The molecule has 0 aliphatic heterocycles. The average molecular weight is 229 g/mol.